The van der Waals surface area contributed by atoms with Gasteiger partial charge in [-0.1, -0.05) is 90.4 Å². The van der Waals surface area contributed by atoms with Crippen LogP contribution in [0.4, 0.5) is 0 Å². The van der Waals surface area contributed by atoms with Crippen LogP contribution in [0.1, 0.15) is 118 Å². The molecule has 0 aliphatic carbocycles. The van der Waals surface area contributed by atoms with Crippen LogP contribution in [-0.2, 0) is 14.3 Å². The summed E-state index contributed by atoms with van der Waals surface area (Å²) in [5, 5.41) is 0. The summed E-state index contributed by atoms with van der Waals surface area (Å²) >= 11 is 0. The SMILES string of the molecule is CCCCCCCCCCCCCCCC(=O)OC(=O)C(N)CCCCN.[H-].[Na+]. The van der Waals surface area contributed by atoms with E-state index < -0.39 is 18.0 Å². The van der Waals surface area contributed by atoms with E-state index in [0.717, 1.165) is 32.1 Å². The van der Waals surface area contributed by atoms with Gasteiger partial charge in [-0.05, 0) is 25.8 Å². The summed E-state index contributed by atoms with van der Waals surface area (Å²) in [6.45, 7) is 2.84. The number of unbranched alkanes of at least 4 members (excludes halogenated alkanes) is 13. The topological polar surface area (TPSA) is 95.4 Å². The minimum absolute atomic E-state index is 0. The number of carbonyl (C=O) groups is 2. The minimum Gasteiger partial charge on any atom is -1.00 e. The third-order valence-corrected chi connectivity index (χ3v) is 4.97. The summed E-state index contributed by atoms with van der Waals surface area (Å²) < 4.78 is 4.82. The van der Waals surface area contributed by atoms with Crippen molar-refractivity contribution in [1.82, 2.24) is 0 Å². The van der Waals surface area contributed by atoms with Crippen molar-refractivity contribution in [2.75, 3.05) is 6.54 Å². The maximum absolute atomic E-state index is 11.7. The molecule has 4 N–H and O–H groups in total. The Morgan fingerprint density at radius 2 is 1.25 bits per heavy atom. The summed E-state index contributed by atoms with van der Waals surface area (Å²) in [5.41, 5.74) is 11.1. The molecule has 0 fully saturated rings. The van der Waals surface area contributed by atoms with Gasteiger partial charge in [0.25, 0.3) is 0 Å². The molecule has 0 rings (SSSR count). The molecule has 0 aliphatic rings. The zero-order valence-electron chi connectivity index (χ0n) is 19.7. The maximum atomic E-state index is 11.7. The molecule has 0 saturated carbocycles. The van der Waals surface area contributed by atoms with E-state index in [1.165, 1.54) is 64.2 Å². The van der Waals surface area contributed by atoms with Gasteiger partial charge in [-0.3, -0.25) is 4.79 Å². The number of nitrogens with two attached hydrogens (primary N) is 2. The smallest absolute Gasteiger partial charge is 1.00 e. The molecule has 0 heterocycles. The fourth-order valence-corrected chi connectivity index (χ4v) is 3.15. The number of rotatable bonds is 19. The van der Waals surface area contributed by atoms with Crippen molar-refractivity contribution >= 4 is 11.9 Å². The third-order valence-electron chi connectivity index (χ3n) is 4.97. The Kier molecular flexibility index (Phi) is 25.2. The van der Waals surface area contributed by atoms with Crippen molar-refractivity contribution in [3.63, 3.8) is 0 Å². The standard InChI is InChI=1S/C22H44N2O3.Na.H/c1-2-3-4-5-6-7-8-9-10-11-12-13-14-18-21(25)27-22(26)20(24)17-15-16-19-23;;/h20H,2-19,23-24H2,1H3;;/q;+1;-1. The van der Waals surface area contributed by atoms with E-state index in [1.807, 2.05) is 0 Å². The van der Waals surface area contributed by atoms with Crippen molar-refractivity contribution in [1.29, 1.82) is 0 Å². The van der Waals surface area contributed by atoms with Crippen molar-refractivity contribution in [2.24, 2.45) is 11.5 Å². The van der Waals surface area contributed by atoms with Gasteiger partial charge < -0.3 is 17.6 Å². The third kappa shape index (κ3) is 20.8. The Hall–Kier alpha value is 0.0600. The molecular weight excluding hydrogens is 363 g/mol. The quantitative estimate of drug-likeness (QED) is 0.148. The van der Waals surface area contributed by atoms with E-state index in [9.17, 15) is 9.59 Å². The molecule has 0 radical (unpaired) electrons. The molecule has 5 nitrogen and oxygen atoms in total. The fraction of sp³-hybridized carbons (Fsp3) is 0.909. The van der Waals surface area contributed by atoms with E-state index in [4.69, 9.17) is 16.2 Å². The molecule has 0 aromatic heterocycles. The monoisotopic (exact) mass is 408 g/mol. The second-order valence-corrected chi connectivity index (χ2v) is 7.68. The molecule has 0 amide bonds. The maximum Gasteiger partial charge on any atom is 1.00 e. The largest absolute Gasteiger partial charge is 1.00 e. The van der Waals surface area contributed by atoms with Gasteiger partial charge in [-0.15, -0.1) is 0 Å². The van der Waals surface area contributed by atoms with Crippen LogP contribution in [0.25, 0.3) is 0 Å². The molecule has 0 spiro atoms. The fourth-order valence-electron chi connectivity index (χ4n) is 3.15. The summed E-state index contributed by atoms with van der Waals surface area (Å²) in [6.07, 6.45) is 18.8. The number of esters is 2. The second kappa shape index (κ2) is 23.3. The minimum atomic E-state index is -0.716. The first-order valence-corrected chi connectivity index (χ1v) is 11.3. The molecule has 28 heavy (non-hydrogen) atoms. The normalized spacial score (nSPS) is 11.7. The number of hydrogen-bond acceptors (Lipinski definition) is 5. The summed E-state index contributed by atoms with van der Waals surface area (Å²) in [7, 11) is 0. The molecule has 0 aromatic rings. The van der Waals surface area contributed by atoms with E-state index in [0.29, 0.717) is 19.4 Å². The average molecular weight is 409 g/mol. The van der Waals surface area contributed by atoms with Gasteiger partial charge >= 0.3 is 41.5 Å². The number of hydrogen-bond donors (Lipinski definition) is 2. The first-order valence-electron chi connectivity index (χ1n) is 11.3. The Balaban J connectivity index is -0.00000338. The van der Waals surface area contributed by atoms with Gasteiger partial charge in [0.15, 0.2) is 0 Å². The Labute approximate surface area is 196 Å². The molecule has 0 aromatic carbocycles. The van der Waals surface area contributed by atoms with E-state index in [-0.39, 0.29) is 31.0 Å². The van der Waals surface area contributed by atoms with Crippen LogP contribution < -0.4 is 41.0 Å². The van der Waals surface area contributed by atoms with Crippen LogP contribution >= 0.6 is 0 Å². The molecule has 0 aliphatic heterocycles. The zero-order valence-corrected chi connectivity index (χ0v) is 20.7. The molecule has 1 unspecified atom stereocenters. The van der Waals surface area contributed by atoms with Gasteiger partial charge in [0.2, 0.25) is 0 Å². The first kappa shape index (κ1) is 30.3. The Morgan fingerprint density at radius 1 is 0.786 bits per heavy atom. The molecule has 162 valence electrons. The zero-order chi connectivity index (χ0) is 20.2. The molecule has 0 bridgehead atoms. The molecular formula is C22H45N2NaO3. The van der Waals surface area contributed by atoms with E-state index in [1.54, 1.807) is 0 Å². The van der Waals surface area contributed by atoms with Crippen molar-refractivity contribution in [2.45, 2.75) is 122 Å². The van der Waals surface area contributed by atoms with Gasteiger partial charge in [-0.2, -0.15) is 0 Å². The van der Waals surface area contributed by atoms with Gasteiger partial charge in [0, 0.05) is 6.42 Å². The van der Waals surface area contributed by atoms with Crippen molar-refractivity contribution < 1.29 is 45.3 Å². The van der Waals surface area contributed by atoms with Crippen molar-refractivity contribution in [3.8, 4) is 0 Å². The van der Waals surface area contributed by atoms with Crippen LogP contribution in [-0.4, -0.2) is 24.5 Å². The van der Waals surface area contributed by atoms with Crippen LogP contribution in [0, 0.1) is 0 Å². The second-order valence-electron chi connectivity index (χ2n) is 7.68. The van der Waals surface area contributed by atoms with Crippen LogP contribution in [0.5, 0.6) is 0 Å². The number of carbonyl (C=O) groups excluding carboxylic acids is 2. The molecule has 6 heteroatoms. The number of ether oxygens (including phenoxy) is 1. The van der Waals surface area contributed by atoms with Crippen molar-refractivity contribution in [3.05, 3.63) is 0 Å². The van der Waals surface area contributed by atoms with Crippen LogP contribution in [0.2, 0.25) is 0 Å². The summed E-state index contributed by atoms with van der Waals surface area (Å²) in [6, 6.07) is -0.716. The Morgan fingerprint density at radius 3 is 1.71 bits per heavy atom. The van der Waals surface area contributed by atoms with Crippen LogP contribution in [0.3, 0.4) is 0 Å². The van der Waals surface area contributed by atoms with E-state index in [2.05, 4.69) is 6.92 Å². The summed E-state index contributed by atoms with van der Waals surface area (Å²) in [4.78, 5) is 23.4. The molecule has 0 saturated heterocycles. The summed E-state index contributed by atoms with van der Waals surface area (Å²) in [5.74, 6) is -1.05. The predicted octanol–water partition coefficient (Wildman–Crippen LogP) is 2.11. The molecule has 1 atom stereocenters. The van der Waals surface area contributed by atoms with E-state index >= 15 is 0 Å². The van der Waals surface area contributed by atoms with Gasteiger partial charge in [-0.25, -0.2) is 4.79 Å². The van der Waals surface area contributed by atoms with Gasteiger partial charge in [0.1, 0.15) is 6.04 Å². The van der Waals surface area contributed by atoms with Crippen LogP contribution in [0.15, 0.2) is 0 Å². The predicted molar refractivity (Wildman–Crippen MR) is 113 cm³/mol. The first-order chi connectivity index (χ1) is 13.1. The average Bonchev–Trinajstić information content (AvgIpc) is 2.65. The van der Waals surface area contributed by atoms with Gasteiger partial charge in [0.05, 0.1) is 0 Å². The Bertz CT molecular complexity index is 374.